The Morgan fingerprint density at radius 3 is 2.17 bits per heavy atom. The smallest absolute Gasteiger partial charge is 0.305 e. The summed E-state index contributed by atoms with van der Waals surface area (Å²) in [6.07, 6.45) is 6.22. The number of rotatable bonds is 4. The predicted molar refractivity (Wildman–Crippen MR) is 121 cm³/mol. The van der Waals surface area contributed by atoms with Crippen LogP contribution in [0.3, 0.4) is 0 Å². The average molecular weight is 427 g/mol. The fourth-order valence-electron chi connectivity index (χ4n) is 4.51. The number of nitrogens with two attached hydrogens (primary N) is 1. The number of aryl methyl sites for hydroxylation is 2. The maximum Gasteiger partial charge on any atom is 0.354 e. The zero-order valence-corrected chi connectivity index (χ0v) is 18.7. The molecule has 0 radical (unpaired) electrons. The van der Waals surface area contributed by atoms with E-state index in [-0.39, 0.29) is 6.04 Å². The number of urea groups is 1. The first-order valence-electron chi connectivity index (χ1n) is 10.5. The van der Waals surface area contributed by atoms with Crippen LogP contribution in [0.4, 0.5) is 10.5 Å². The Balaban J connectivity index is 1.60. The number of hydrogen-bond acceptors (Lipinski definition) is 3. The molecular weight excluding hydrogens is 396 g/mol. The predicted octanol–water partition coefficient (Wildman–Crippen LogP) is 4.22. The van der Waals surface area contributed by atoms with E-state index in [1.54, 1.807) is 12.1 Å². The van der Waals surface area contributed by atoms with E-state index >= 15 is 0 Å². The molecule has 160 valence electrons. The van der Waals surface area contributed by atoms with Crippen LogP contribution in [0, 0.1) is 0 Å². The third-order valence-corrected chi connectivity index (χ3v) is 7.78. The minimum atomic E-state index is -3.32. The number of nitrogens with one attached hydrogen (secondary N) is 1. The summed E-state index contributed by atoms with van der Waals surface area (Å²) >= 11 is 0. The van der Waals surface area contributed by atoms with Crippen LogP contribution in [0.15, 0.2) is 39.6 Å². The van der Waals surface area contributed by atoms with Crippen LogP contribution in [0.5, 0.6) is 0 Å². The third kappa shape index (κ3) is 4.02. The minimum Gasteiger partial charge on any atom is -0.305 e. The lowest BCUT2D eigenvalue weighted by atomic mass is 9.99. The standard InChI is InChI=1S/C23H30N4O2S/c1-15(27(2)3)16-10-12-19(13-11-16)30(24,29)26-23(28)25-22-20-8-4-6-17(20)14-18-7-5-9-21(18)22/h10-15H,4-9H2,1-3H3,(H3,24,25,26,28,29)/t15-,30-/m1/s1. The van der Waals surface area contributed by atoms with Gasteiger partial charge in [0.25, 0.3) is 0 Å². The normalized spacial score (nSPS) is 17.9. The molecule has 0 bridgehead atoms. The van der Waals surface area contributed by atoms with E-state index in [2.05, 4.69) is 27.6 Å². The van der Waals surface area contributed by atoms with Gasteiger partial charge >= 0.3 is 6.03 Å². The number of fused-ring (bicyclic) bond motifs is 2. The first-order valence-corrected chi connectivity index (χ1v) is 12.1. The quantitative estimate of drug-likeness (QED) is 0.767. The maximum atomic E-state index is 13.0. The van der Waals surface area contributed by atoms with Crippen molar-refractivity contribution >= 4 is 21.6 Å². The van der Waals surface area contributed by atoms with Crippen LogP contribution in [0.1, 0.15) is 53.6 Å². The molecule has 2 aliphatic rings. The lowest BCUT2D eigenvalue weighted by molar-refractivity contribution is 0.260. The summed E-state index contributed by atoms with van der Waals surface area (Å²) in [5.74, 6) is 0. The van der Waals surface area contributed by atoms with Crippen molar-refractivity contribution in [1.82, 2.24) is 4.90 Å². The van der Waals surface area contributed by atoms with Gasteiger partial charge in [-0.3, -0.25) is 0 Å². The number of carbonyl (C=O) groups is 1. The van der Waals surface area contributed by atoms with Crippen molar-refractivity contribution in [2.24, 2.45) is 9.50 Å². The summed E-state index contributed by atoms with van der Waals surface area (Å²) in [6.45, 7) is 2.09. The molecule has 6 nitrogen and oxygen atoms in total. The van der Waals surface area contributed by atoms with Crippen molar-refractivity contribution in [2.75, 3.05) is 19.4 Å². The number of anilines is 1. The number of benzene rings is 2. The highest BCUT2D eigenvalue weighted by atomic mass is 32.2. The van der Waals surface area contributed by atoms with Crippen molar-refractivity contribution < 1.29 is 9.00 Å². The Morgan fingerprint density at radius 1 is 1.07 bits per heavy atom. The molecule has 0 spiro atoms. The van der Waals surface area contributed by atoms with Crippen LogP contribution in [-0.2, 0) is 35.6 Å². The molecule has 0 saturated heterocycles. The van der Waals surface area contributed by atoms with Gasteiger partial charge < -0.3 is 10.2 Å². The number of carbonyl (C=O) groups excluding carboxylic acids is 1. The molecule has 2 amide bonds. The molecule has 4 rings (SSSR count). The molecule has 7 heteroatoms. The fourth-order valence-corrected chi connectivity index (χ4v) is 5.44. The van der Waals surface area contributed by atoms with Gasteiger partial charge in [0.1, 0.15) is 9.92 Å². The third-order valence-electron chi connectivity index (χ3n) is 6.40. The van der Waals surface area contributed by atoms with Gasteiger partial charge in [-0.25, -0.2) is 14.1 Å². The second-order valence-electron chi connectivity index (χ2n) is 8.53. The highest BCUT2D eigenvalue weighted by Crippen LogP contribution is 2.38. The Kier molecular flexibility index (Phi) is 5.70. The summed E-state index contributed by atoms with van der Waals surface area (Å²) < 4.78 is 16.9. The Hall–Kier alpha value is -2.22. The average Bonchev–Trinajstić information content (AvgIpc) is 3.36. The molecule has 0 fully saturated rings. The van der Waals surface area contributed by atoms with E-state index in [9.17, 15) is 9.00 Å². The van der Waals surface area contributed by atoms with E-state index in [1.165, 1.54) is 22.3 Å². The topological polar surface area (TPSA) is 87.8 Å². The second-order valence-corrected chi connectivity index (χ2v) is 10.3. The van der Waals surface area contributed by atoms with Gasteiger partial charge in [0.05, 0.1) is 4.90 Å². The van der Waals surface area contributed by atoms with E-state index in [0.717, 1.165) is 49.8 Å². The monoisotopic (exact) mass is 426 g/mol. The summed E-state index contributed by atoms with van der Waals surface area (Å²) in [5, 5.41) is 8.94. The summed E-state index contributed by atoms with van der Waals surface area (Å²) in [6, 6.07) is 9.06. The zero-order chi connectivity index (χ0) is 21.5. The van der Waals surface area contributed by atoms with E-state index in [4.69, 9.17) is 5.14 Å². The second kappa shape index (κ2) is 8.13. The lowest BCUT2D eigenvalue weighted by Crippen LogP contribution is -2.19. The van der Waals surface area contributed by atoms with E-state index in [0.29, 0.717) is 4.90 Å². The van der Waals surface area contributed by atoms with Gasteiger partial charge in [-0.2, -0.15) is 0 Å². The van der Waals surface area contributed by atoms with Crippen molar-refractivity contribution in [2.45, 2.75) is 56.4 Å². The van der Waals surface area contributed by atoms with Crippen molar-refractivity contribution in [3.8, 4) is 0 Å². The molecule has 2 aromatic carbocycles. The molecule has 30 heavy (non-hydrogen) atoms. The Morgan fingerprint density at radius 2 is 1.63 bits per heavy atom. The van der Waals surface area contributed by atoms with Gasteiger partial charge in [-0.1, -0.05) is 18.2 Å². The Labute approximate surface area is 179 Å². The molecule has 0 heterocycles. The number of amides is 2. The molecular formula is C23H30N4O2S. The van der Waals surface area contributed by atoms with Crippen LogP contribution < -0.4 is 10.5 Å². The first-order chi connectivity index (χ1) is 14.3. The van der Waals surface area contributed by atoms with Crippen molar-refractivity contribution in [1.29, 1.82) is 0 Å². The lowest BCUT2D eigenvalue weighted by Gasteiger charge is -2.20. The van der Waals surface area contributed by atoms with E-state index in [1.807, 2.05) is 26.2 Å². The highest BCUT2D eigenvalue weighted by Gasteiger charge is 2.25. The van der Waals surface area contributed by atoms with Crippen LogP contribution in [0.2, 0.25) is 0 Å². The zero-order valence-electron chi connectivity index (χ0n) is 17.9. The summed E-state index contributed by atoms with van der Waals surface area (Å²) in [5.41, 5.74) is 7.04. The van der Waals surface area contributed by atoms with Crippen molar-refractivity contribution in [3.63, 3.8) is 0 Å². The van der Waals surface area contributed by atoms with Gasteiger partial charge in [-0.15, -0.1) is 4.36 Å². The Bertz CT molecular complexity index is 1070. The SMILES string of the molecule is C[C@H](c1ccc([S@](N)(=O)=NC(=O)Nc2c3c(cc4c2CCC4)CCC3)cc1)N(C)C. The van der Waals surface area contributed by atoms with Gasteiger partial charge in [0, 0.05) is 11.7 Å². The molecule has 0 unspecified atom stereocenters. The molecule has 2 aromatic rings. The van der Waals surface area contributed by atoms with Crippen LogP contribution >= 0.6 is 0 Å². The molecule has 2 aliphatic carbocycles. The highest BCUT2D eigenvalue weighted by molar-refractivity contribution is 7.91. The fraction of sp³-hybridized carbons (Fsp3) is 0.435. The maximum absolute atomic E-state index is 13.0. The van der Waals surface area contributed by atoms with Gasteiger partial charge in [-0.05, 0) is 99.5 Å². The van der Waals surface area contributed by atoms with Crippen LogP contribution in [-0.4, -0.2) is 29.2 Å². The number of hydrogen-bond donors (Lipinski definition) is 2. The molecule has 0 aliphatic heterocycles. The van der Waals surface area contributed by atoms with E-state index < -0.39 is 15.9 Å². The first kappa shape index (κ1) is 21.0. The molecule has 2 atom stereocenters. The largest absolute Gasteiger partial charge is 0.354 e. The van der Waals surface area contributed by atoms with Crippen molar-refractivity contribution in [3.05, 3.63) is 58.1 Å². The van der Waals surface area contributed by atoms with Gasteiger partial charge in [0.15, 0.2) is 0 Å². The van der Waals surface area contributed by atoms with Gasteiger partial charge in [0.2, 0.25) is 0 Å². The summed E-state index contributed by atoms with van der Waals surface area (Å²) in [4.78, 5) is 15.2. The molecule has 0 aromatic heterocycles. The van der Waals surface area contributed by atoms with Crippen LogP contribution in [0.25, 0.3) is 0 Å². The summed E-state index contributed by atoms with van der Waals surface area (Å²) in [7, 11) is 0.682. The molecule has 3 N–H and O–H groups in total. The minimum absolute atomic E-state index is 0.218. The number of nitrogens with zero attached hydrogens (tertiary/aromatic N) is 2. The molecule has 0 saturated carbocycles.